The molecule has 0 aromatic heterocycles. The number of hydrogen-bond acceptors (Lipinski definition) is 3. The highest BCUT2D eigenvalue weighted by Crippen LogP contribution is 2.20. The monoisotopic (exact) mass is 291 g/mol. The SMILES string of the molecule is CC(C)Oc1cccc(CC(=O)N2CCC[C@H]2C(=O)O)c1. The highest BCUT2D eigenvalue weighted by molar-refractivity contribution is 5.85. The lowest BCUT2D eigenvalue weighted by Crippen LogP contribution is -2.41. The third kappa shape index (κ3) is 3.97. The first-order chi connectivity index (χ1) is 9.97. The van der Waals surface area contributed by atoms with Gasteiger partial charge in [0, 0.05) is 6.54 Å². The molecule has 5 nitrogen and oxygen atoms in total. The zero-order valence-electron chi connectivity index (χ0n) is 12.4. The fraction of sp³-hybridized carbons (Fsp3) is 0.500. The fourth-order valence-corrected chi connectivity index (χ4v) is 2.60. The number of rotatable bonds is 5. The molecule has 1 saturated heterocycles. The first kappa shape index (κ1) is 15.4. The number of carboxylic acid groups (broad SMARTS) is 1. The summed E-state index contributed by atoms with van der Waals surface area (Å²) in [5.41, 5.74) is 0.842. The number of amides is 1. The van der Waals surface area contributed by atoms with Crippen molar-refractivity contribution in [3.05, 3.63) is 29.8 Å². The van der Waals surface area contributed by atoms with Crippen LogP contribution >= 0.6 is 0 Å². The molecule has 1 aromatic rings. The van der Waals surface area contributed by atoms with Crippen LogP contribution < -0.4 is 4.74 Å². The van der Waals surface area contributed by atoms with Gasteiger partial charge in [-0.2, -0.15) is 0 Å². The van der Waals surface area contributed by atoms with Crippen LogP contribution in [0.3, 0.4) is 0 Å². The van der Waals surface area contributed by atoms with Crippen molar-refractivity contribution in [2.24, 2.45) is 0 Å². The summed E-state index contributed by atoms with van der Waals surface area (Å²) in [5.74, 6) is -0.328. The van der Waals surface area contributed by atoms with E-state index in [0.29, 0.717) is 13.0 Å². The highest BCUT2D eigenvalue weighted by atomic mass is 16.5. The van der Waals surface area contributed by atoms with Crippen LogP contribution in [0.4, 0.5) is 0 Å². The Labute approximate surface area is 124 Å². The maximum atomic E-state index is 12.3. The zero-order valence-corrected chi connectivity index (χ0v) is 12.4. The minimum atomic E-state index is -0.919. The maximum Gasteiger partial charge on any atom is 0.326 e. The molecule has 0 unspecified atom stereocenters. The van der Waals surface area contributed by atoms with Gasteiger partial charge in [0.05, 0.1) is 12.5 Å². The van der Waals surface area contributed by atoms with Crippen LogP contribution in [0.2, 0.25) is 0 Å². The van der Waals surface area contributed by atoms with Gasteiger partial charge in [0.25, 0.3) is 0 Å². The molecule has 0 radical (unpaired) electrons. The highest BCUT2D eigenvalue weighted by Gasteiger charge is 2.33. The summed E-state index contributed by atoms with van der Waals surface area (Å²) in [6.07, 6.45) is 1.57. The molecule has 1 aliphatic rings. The minimum absolute atomic E-state index is 0.0749. The Kier molecular flexibility index (Phi) is 4.83. The summed E-state index contributed by atoms with van der Waals surface area (Å²) in [7, 11) is 0. The second kappa shape index (κ2) is 6.61. The average Bonchev–Trinajstić information content (AvgIpc) is 2.87. The molecule has 1 amide bonds. The molecule has 5 heteroatoms. The van der Waals surface area contributed by atoms with Crippen LogP contribution in [0.15, 0.2) is 24.3 Å². The summed E-state index contributed by atoms with van der Waals surface area (Å²) in [6, 6.07) is 6.72. The molecule has 1 aliphatic heterocycles. The Morgan fingerprint density at radius 3 is 2.86 bits per heavy atom. The summed E-state index contributed by atoms with van der Waals surface area (Å²) in [6.45, 7) is 4.41. The molecule has 1 fully saturated rings. The lowest BCUT2D eigenvalue weighted by molar-refractivity contribution is -0.148. The Morgan fingerprint density at radius 2 is 2.19 bits per heavy atom. The first-order valence-corrected chi connectivity index (χ1v) is 7.25. The molecule has 114 valence electrons. The summed E-state index contributed by atoms with van der Waals surface area (Å²) >= 11 is 0. The lowest BCUT2D eigenvalue weighted by Gasteiger charge is -2.21. The van der Waals surface area contributed by atoms with Gasteiger partial charge in [-0.3, -0.25) is 4.79 Å². The Bertz CT molecular complexity index is 527. The third-order valence-corrected chi connectivity index (χ3v) is 3.48. The van der Waals surface area contributed by atoms with Crippen LogP contribution in [-0.4, -0.2) is 40.6 Å². The number of carbonyl (C=O) groups excluding carboxylic acids is 1. The van der Waals surface area contributed by atoms with Crippen LogP contribution in [0.5, 0.6) is 5.75 Å². The molecular weight excluding hydrogens is 270 g/mol. The largest absolute Gasteiger partial charge is 0.491 e. The van der Waals surface area contributed by atoms with Crippen LogP contribution in [0.25, 0.3) is 0 Å². The molecule has 1 aromatic carbocycles. The maximum absolute atomic E-state index is 12.3. The molecule has 2 rings (SSSR count). The lowest BCUT2D eigenvalue weighted by atomic mass is 10.1. The molecule has 0 saturated carbocycles. The van der Waals surface area contributed by atoms with Gasteiger partial charge in [0.1, 0.15) is 11.8 Å². The van der Waals surface area contributed by atoms with E-state index >= 15 is 0 Å². The van der Waals surface area contributed by atoms with Crippen molar-refractivity contribution in [3.8, 4) is 5.75 Å². The van der Waals surface area contributed by atoms with E-state index in [0.717, 1.165) is 17.7 Å². The van der Waals surface area contributed by atoms with Crippen LogP contribution in [0, 0.1) is 0 Å². The molecular formula is C16H21NO4. The molecule has 0 spiro atoms. The Balaban J connectivity index is 2.04. The molecule has 1 atom stereocenters. The number of likely N-dealkylation sites (tertiary alicyclic amines) is 1. The number of carbonyl (C=O) groups is 2. The first-order valence-electron chi connectivity index (χ1n) is 7.25. The Morgan fingerprint density at radius 1 is 1.43 bits per heavy atom. The minimum Gasteiger partial charge on any atom is -0.491 e. The number of aliphatic carboxylic acids is 1. The Hall–Kier alpha value is -2.04. The number of nitrogens with zero attached hydrogens (tertiary/aromatic N) is 1. The van der Waals surface area contributed by atoms with E-state index in [4.69, 9.17) is 9.84 Å². The van der Waals surface area contributed by atoms with Gasteiger partial charge in [0.2, 0.25) is 5.91 Å². The van der Waals surface area contributed by atoms with E-state index in [2.05, 4.69) is 0 Å². The van der Waals surface area contributed by atoms with E-state index in [9.17, 15) is 9.59 Å². The number of hydrogen-bond donors (Lipinski definition) is 1. The quantitative estimate of drug-likeness (QED) is 0.902. The van der Waals surface area contributed by atoms with E-state index in [1.807, 2.05) is 38.1 Å². The van der Waals surface area contributed by atoms with Gasteiger partial charge in [-0.25, -0.2) is 4.79 Å². The van der Waals surface area contributed by atoms with Crippen molar-refractivity contribution < 1.29 is 19.4 Å². The summed E-state index contributed by atoms with van der Waals surface area (Å²) < 4.78 is 5.60. The molecule has 1 N–H and O–H groups in total. The normalized spacial score (nSPS) is 18.0. The van der Waals surface area contributed by atoms with Gasteiger partial charge in [-0.1, -0.05) is 12.1 Å². The van der Waals surface area contributed by atoms with Gasteiger partial charge < -0.3 is 14.7 Å². The van der Waals surface area contributed by atoms with Crippen molar-refractivity contribution in [1.82, 2.24) is 4.90 Å². The van der Waals surface area contributed by atoms with Crippen molar-refractivity contribution >= 4 is 11.9 Å². The smallest absolute Gasteiger partial charge is 0.326 e. The van der Waals surface area contributed by atoms with E-state index in [1.54, 1.807) is 0 Å². The molecule has 0 aliphatic carbocycles. The van der Waals surface area contributed by atoms with E-state index in [1.165, 1.54) is 4.90 Å². The van der Waals surface area contributed by atoms with Gasteiger partial charge in [-0.15, -0.1) is 0 Å². The van der Waals surface area contributed by atoms with Crippen LogP contribution in [0.1, 0.15) is 32.3 Å². The molecule has 21 heavy (non-hydrogen) atoms. The summed E-state index contributed by atoms with van der Waals surface area (Å²) in [5, 5.41) is 9.13. The van der Waals surface area contributed by atoms with Gasteiger partial charge in [-0.05, 0) is 44.4 Å². The van der Waals surface area contributed by atoms with Gasteiger partial charge >= 0.3 is 5.97 Å². The van der Waals surface area contributed by atoms with Crippen molar-refractivity contribution in [3.63, 3.8) is 0 Å². The topological polar surface area (TPSA) is 66.8 Å². The van der Waals surface area contributed by atoms with Crippen molar-refractivity contribution in [2.45, 2.75) is 45.3 Å². The van der Waals surface area contributed by atoms with Gasteiger partial charge in [0.15, 0.2) is 0 Å². The number of carboxylic acids is 1. The molecule has 1 heterocycles. The number of ether oxygens (including phenoxy) is 1. The number of benzene rings is 1. The zero-order chi connectivity index (χ0) is 15.4. The van der Waals surface area contributed by atoms with E-state index in [-0.39, 0.29) is 18.4 Å². The van der Waals surface area contributed by atoms with E-state index < -0.39 is 12.0 Å². The van der Waals surface area contributed by atoms with Crippen molar-refractivity contribution in [1.29, 1.82) is 0 Å². The third-order valence-electron chi connectivity index (χ3n) is 3.48. The predicted molar refractivity (Wildman–Crippen MR) is 78.3 cm³/mol. The predicted octanol–water partition coefficient (Wildman–Crippen LogP) is 2.09. The molecule has 0 bridgehead atoms. The standard InChI is InChI=1S/C16H21NO4/c1-11(2)21-13-6-3-5-12(9-13)10-15(18)17-8-4-7-14(17)16(19)20/h3,5-6,9,11,14H,4,7-8,10H2,1-2H3,(H,19,20)/t14-/m0/s1. The second-order valence-corrected chi connectivity index (χ2v) is 5.57. The summed E-state index contributed by atoms with van der Waals surface area (Å²) in [4.78, 5) is 24.9. The second-order valence-electron chi connectivity index (χ2n) is 5.57. The van der Waals surface area contributed by atoms with Crippen molar-refractivity contribution in [2.75, 3.05) is 6.54 Å². The average molecular weight is 291 g/mol. The van der Waals surface area contributed by atoms with Crippen LogP contribution in [-0.2, 0) is 16.0 Å². The fourth-order valence-electron chi connectivity index (χ4n) is 2.60.